The first kappa shape index (κ1) is 68.9. The van der Waals surface area contributed by atoms with Crippen LogP contribution in [0.1, 0.15) is 83.7 Å². The van der Waals surface area contributed by atoms with E-state index in [-0.39, 0.29) is 123 Å². The molecule has 0 radical (unpaired) electrons. The molecule has 8 heterocycles. The molecular weight excluding hydrogens is 1290 g/mol. The number of fused-ring (bicyclic) bond motifs is 4. The topological polar surface area (TPSA) is 459 Å². The third-order valence-electron chi connectivity index (χ3n) is 15.4. The Morgan fingerprint density at radius 3 is 2.04 bits per heavy atom. The number of nitrogens with one attached hydrogen (secondary N) is 3. The fourth-order valence-electron chi connectivity index (χ4n) is 10.7. The number of carbonyl (C=O) groups is 8. The number of hydrogen-bond acceptors (Lipinski definition) is 26. The van der Waals surface area contributed by atoms with Crippen LogP contribution < -0.4 is 33.2 Å². The van der Waals surface area contributed by atoms with Crippen molar-refractivity contribution < 1.29 is 89.6 Å². The summed E-state index contributed by atoms with van der Waals surface area (Å²) in [7, 11) is 1.44. The zero-order valence-corrected chi connectivity index (χ0v) is 53.4. The van der Waals surface area contributed by atoms with E-state index in [4.69, 9.17) is 77.9 Å². The smallest absolute Gasteiger partial charge is 0.409 e. The van der Waals surface area contributed by atoms with Gasteiger partial charge in [-0.15, -0.1) is 0 Å². The molecule has 3 unspecified atom stereocenters. The number of ether oxygens (including phenoxy) is 4. The fourth-order valence-corrected chi connectivity index (χ4v) is 13.6. The van der Waals surface area contributed by atoms with Crippen LogP contribution in [-0.2, 0) is 96.0 Å². The Labute approximate surface area is 533 Å². The van der Waals surface area contributed by atoms with E-state index in [2.05, 4.69) is 45.9 Å². The molecule has 4 aliphatic rings. The van der Waals surface area contributed by atoms with Crippen LogP contribution in [-0.4, -0.2) is 189 Å². The van der Waals surface area contributed by atoms with Gasteiger partial charge in [0.2, 0.25) is 23.6 Å². The van der Waals surface area contributed by atoms with Crippen LogP contribution in [0.4, 0.5) is 31.3 Å². The first-order valence-electron chi connectivity index (χ1n) is 29.0. The van der Waals surface area contributed by atoms with Gasteiger partial charge in [-0.1, -0.05) is 32.9 Å². The van der Waals surface area contributed by atoms with E-state index < -0.39 is 129 Å². The third kappa shape index (κ3) is 16.7. The highest BCUT2D eigenvalue weighted by Gasteiger charge is 2.55. The van der Waals surface area contributed by atoms with Crippen molar-refractivity contribution in [3.63, 3.8) is 0 Å². The van der Waals surface area contributed by atoms with Crippen molar-refractivity contribution in [2.24, 2.45) is 23.5 Å². The van der Waals surface area contributed by atoms with E-state index in [1.54, 1.807) is 45.0 Å². The van der Waals surface area contributed by atoms with Gasteiger partial charge in [0.1, 0.15) is 54.7 Å². The molecular formula is C53H69FN16O18P2S2. The normalized spacial score (nSPS) is 26.5. The predicted molar refractivity (Wildman–Crippen MR) is 326 cm³/mol. The molecule has 7 amide bonds. The highest BCUT2D eigenvalue weighted by molar-refractivity contribution is 8.07. The Morgan fingerprint density at radius 1 is 0.848 bits per heavy atom. The summed E-state index contributed by atoms with van der Waals surface area (Å²) in [6.07, 6.45) is -8.79. The number of imidazole rings is 2. The Kier molecular flexibility index (Phi) is 22.2. The van der Waals surface area contributed by atoms with E-state index in [0.717, 1.165) is 17.6 Å². The lowest BCUT2D eigenvalue weighted by atomic mass is 9.89. The highest BCUT2D eigenvalue weighted by atomic mass is 32.5. The average molecular weight is 1360 g/mol. The number of amides is 7. The number of imide groups is 1. The predicted octanol–water partition coefficient (Wildman–Crippen LogP) is 2.06. The summed E-state index contributed by atoms with van der Waals surface area (Å²) in [5.74, 6) is -4.86. The number of esters is 1. The number of primary amides is 1. The molecule has 498 valence electrons. The second-order valence-corrected chi connectivity index (χ2v) is 28.0. The maximum absolute atomic E-state index is 16.5. The number of alkyl halides is 1. The summed E-state index contributed by atoms with van der Waals surface area (Å²) >= 11 is 10.8. The average Bonchev–Trinajstić information content (AvgIpc) is 1.62. The number of nitrogens with two attached hydrogens (primary N) is 3. The first-order valence-corrected chi connectivity index (χ1v) is 34.1. The van der Waals surface area contributed by atoms with Crippen molar-refractivity contribution in [2.45, 2.75) is 128 Å². The van der Waals surface area contributed by atoms with Gasteiger partial charge in [0.15, 0.2) is 53.4 Å². The van der Waals surface area contributed by atoms with Crippen LogP contribution >= 0.6 is 13.4 Å². The standard InChI is InChI=1S/C53H69FN16O18P2S2/c1-26(2)38(66-34(72)13-16-68-35(73)17-27(3)49(68)76)31(71)18-29(7-5-14-58-52(57)77)48(75)65-30-11-9-28(10-12-30)19-81-53(78)67(4)15-6-8-36(74)86-43-42-33(85-51(43)70-25-64-40-45(56)60-23-62-47(40)70)21-83-89(79,91)87-41-32(20-82-90(80,92)88-42)84-50(37(41)54)69-24-63-39-44(55)59-22-61-46(39)69/h9-12,22-27,29,32-33,37-38,41-43,50-51H,5-8,13-21H2,1-4H3,(H,65,75)(H,66,72)(H,79,91)(H,80,92)(H2,55,59,61)(H2,56,60,62)(H3,57,58,77)/t27?,29-,32-,33-,37-,38+,41-,42-,43-,50-,51-,89?,90?/m1/s1. The summed E-state index contributed by atoms with van der Waals surface area (Å²) in [4.78, 5) is 154. The molecule has 1 aromatic carbocycles. The quantitative estimate of drug-likeness (QED) is 0.0201. The molecule has 5 aromatic rings. The largest absolute Gasteiger partial charge is 0.455 e. The van der Waals surface area contributed by atoms with E-state index in [1.165, 1.54) is 33.7 Å². The van der Waals surface area contributed by atoms with E-state index in [0.29, 0.717) is 11.3 Å². The summed E-state index contributed by atoms with van der Waals surface area (Å²) in [6.45, 7) is -5.42. The molecule has 34 nitrogen and oxygen atoms in total. The number of anilines is 3. The summed E-state index contributed by atoms with van der Waals surface area (Å²) in [6, 6.07) is 4.56. The Balaban J connectivity index is 0.795. The molecule has 13 atom stereocenters. The Bertz CT molecular complexity index is 3690. The van der Waals surface area contributed by atoms with Crippen LogP contribution in [0.5, 0.6) is 0 Å². The molecule has 4 aromatic heterocycles. The van der Waals surface area contributed by atoms with Crippen LogP contribution in [0.3, 0.4) is 0 Å². The molecule has 11 N–H and O–H groups in total. The van der Waals surface area contributed by atoms with E-state index in [1.807, 2.05) is 0 Å². The van der Waals surface area contributed by atoms with Gasteiger partial charge in [-0.05, 0) is 66.5 Å². The van der Waals surface area contributed by atoms with Crippen LogP contribution in [0.2, 0.25) is 0 Å². The second-order valence-electron chi connectivity index (χ2n) is 22.5. The first-order chi connectivity index (χ1) is 43.7. The summed E-state index contributed by atoms with van der Waals surface area (Å²) < 4.78 is 66.4. The summed E-state index contributed by atoms with van der Waals surface area (Å²) in [5.41, 5.74) is 18.7. The molecule has 0 bridgehead atoms. The molecule has 4 aliphatic heterocycles. The maximum atomic E-state index is 16.5. The third-order valence-corrected chi connectivity index (χ3v) is 18.6. The monoisotopic (exact) mass is 1360 g/mol. The number of aromatic nitrogens is 8. The number of urea groups is 1. The number of carbonyl (C=O) groups excluding carboxylic acids is 8. The maximum Gasteiger partial charge on any atom is 0.409 e. The van der Waals surface area contributed by atoms with Gasteiger partial charge in [-0.2, -0.15) is 0 Å². The number of halogens is 1. The number of hydrogen-bond donors (Lipinski definition) is 8. The van der Waals surface area contributed by atoms with Gasteiger partial charge < -0.3 is 75.8 Å². The number of rotatable bonds is 23. The van der Waals surface area contributed by atoms with E-state index >= 15 is 4.39 Å². The van der Waals surface area contributed by atoms with Crippen molar-refractivity contribution in [1.82, 2.24) is 59.5 Å². The number of nitrogens with zero attached hydrogens (tertiary/aromatic N) is 10. The molecule has 0 saturated carbocycles. The lowest BCUT2D eigenvalue weighted by Crippen LogP contribution is -2.46. The zero-order valence-electron chi connectivity index (χ0n) is 50.0. The minimum atomic E-state index is -4.47. The molecule has 4 saturated heterocycles. The minimum absolute atomic E-state index is 0.00171. The molecule has 9 rings (SSSR count). The zero-order chi connectivity index (χ0) is 66.3. The molecule has 39 heteroatoms. The van der Waals surface area contributed by atoms with Gasteiger partial charge >= 0.3 is 31.5 Å². The SMILES string of the molecule is CC1CC(=O)N(CCC(=O)N[C@H](C(=O)C[C@@H](CCCNC(N)=O)C(=O)Nc2ccc(COC(=O)N(C)CCCC(=O)O[C@@H]3[C@@H]4OP(O)(=S)OC[C@H]5O[C@@H](n6cnc7c(N)ncnc76)[C@H](F)[C@@H]5OP(O)(=S)OC[C@H]4O[C@H]3n3cnc4c(N)ncnc43)cc2)C(C)C)C1=O. The lowest BCUT2D eigenvalue weighted by molar-refractivity contribution is -0.158. The Hall–Kier alpha value is -7.41. The highest BCUT2D eigenvalue weighted by Crippen LogP contribution is 2.55. The van der Waals surface area contributed by atoms with Crippen molar-refractivity contribution in [3.05, 3.63) is 55.1 Å². The molecule has 0 aliphatic carbocycles. The lowest BCUT2D eigenvalue weighted by Gasteiger charge is -2.31. The van der Waals surface area contributed by atoms with Crippen molar-refractivity contribution in [1.29, 1.82) is 0 Å². The number of Topliss-reactive ketones (excluding diaryl/α,β-unsaturated/α-hetero) is 1. The molecule has 0 spiro atoms. The van der Waals surface area contributed by atoms with Crippen molar-refractivity contribution >= 4 is 124 Å². The van der Waals surface area contributed by atoms with Gasteiger partial charge in [0.05, 0.1) is 31.9 Å². The molecule has 92 heavy (non-hydrogen) atoms. The minimum Gasteiger partial charge on any atom is -0.455 e. The number of likely N-dealkylation sites (tertiary alicyclic amines) is 1. The summed E-state index contributed by atoms with van der Waals surface area (Å²) in [5, 5.41) is 7.96. The van der Waals surface area contributed by atoms with Gasteiger partial charge in [0.25, 0.3) is 0 Å². The van der Waals surface area contributed by atoms with Crippen molar-refractivity contribution in [3.8, 4) is 0 Å². The number of nitrogen functional groups attached to an aromatic ring is 2. The van der Waals surface area contributed by atoms with E-state index in [9.17, 15) is 48.1 Å². The van der Waals surface area contributed by atoms with Gasteiger partial charge in [-0.3, -0.25) is 51.8 Å². The van der Waals surface area contributed by atoms with Crippen molar-refractivity contribution in [2.75, 3.05) is 56.7 Å². The fraction of sp³-hybridized carbons (Fsp3) is 0.547. The number of ketones is 1. The van der Waals surface area contributed by atoms with Gasteiger partial charge in [0, 0.05) is 69.9 Å². The Morgan fingerprint density at radius 2 is 1.45 bits per heavy atom. The van der Waals surface area contributed by atoms with Crippen LogP contribution in [0, 0.1) is 17.8 Å². The van der Waals surface area contributed by atoms with Crippen LogP contribution in [0.25, 0.3) is 22.3 Å². The van der Waals surface area contributed by atoms with Gasteiger partial charge in [-0.25, -0.2) is 43.9 Å². The number of benzene rings is 1. The second kappa shape index (κ2) is 29.7. The molecule has 4 fully saturated rings. The van der Waals surface area contributed by atoms with Crippen LogP contribution in [0.15, 0.2) is 49.6 Å².